The average Bonchev–Trinajstić information content (AvgIpc) is 2.42. The third kappa shape index (κ3) is 4.27. The first kappa shape index (κ1) is 16.0. The third-order valence-corrected chi connectivity index (χ3v) is 4.19. The van der Waals surface area contributed by atoms with Gasteiger partial charge in [0.2, 0.25) is 10.0 Å². The highest BCUT2D eigenvalue weighted by molar-refractivity contribution is 7.92. The van der Waals surface area contributed by atoms with Gasteiger partial charge in [0.25, 0.3) is 0 Å². The molecule has 0 atom stereocenters. The van der Waals surface area contributed by atoms with E-state index in [9.17, 15) is 13.2 Å². The molecular formula is C13H17NO5S. The van der Waals surface area contributed by atoms with Gasteiger partial charge >= 0.3 is 5.97 Å². The zero-order valence-corrected chi connectivity index (χ0v) is 12.0. The molecule has 0 unspecified atom stereocenters. The Hall–Kier alpha value is -2.02. The fourth-order valence-electron chi connectivity index (χ4n) is 1.51. The van der Waals surface area contributed by atoms with Crippen molar-refractivity contribution < 1.29 is 23.1 Å². The van der Waals surface area contributed by atoms with Crippen LogP contribution in [0.2, 0.25) is 0 Å². The number of hydrogen-bond donors (Lipinski definition) is 1. The maximum Gasteiger partial charge on any atom is 0.324 e. The van der Waals surface area contributed by atoms with Crippen molar-refractivity contribution in [2.75, 3.05) is 23.2 Å². The predicted octanol–water partition coefficient (Wildman–Crippen LogP) is 1.49. The molecule has 6 nitrogen and oxygen atoms in total. The molecule has 0 radical (unpaired) electrons. The highest BCUT2D eigenvalue weighted by atomic mass is 32.2. The van der Waals surface area contributed by atoms with Crippen molar-refractivity contribution in [2.24, 2.45) is 0 Å². The van der Waals surface area contributed by atoms with Crippen molar-refractivity contribution in [1.82, 2.24) is 0 Å². The van der Waals surface area contributed by atoms with Crippen LogP contribution in [-0.4, -0.2) is 38.4 Å². The fraction of sp³-hybridized carbons (Fsp3) is 0.308. The van der Waals surface area contributed by atoms with E-state index in [1.54, 1.807) is 18.2 Å². The summed E-state index contributed by atoms with van der Waals surface area (Å²) in [5.74, 6) is -0.957. The Bertz CT molecular complexity index is 582. The summed E-state index contributed by atoms with van der Waals surface area (Å²) in [6.07, 6.45) is 1.56. The second-order valence-electron chi connectivity index (χ2n) is 3.90. The van der Waals surface area contributed by atoms with Crippen molar-refractivity contribution in [2.45, 2.75) is 6.92 Å². The SMILES string of the molecule is C=CCOc1cccc(N(CC(=O)O)S(=O)(=O)CC)c1. The number of rotatable bonds is 8. The van der Waals surface area contributed by atoms with Crippen LogP contribution in [0.4, 0.5) is 5.69 Å². The molecule has 1 N–H and O–H groups in total. The summed E-state index contributed by atoms with van der Waals surface area (Å²) >= 11 is 0. The Balaban J connectivity index is 3.13. The minimum atomic E-state index is -3.67. The first-order valence-electron chi connectivity index (χ1n) is 5.96. The van der Waals surface area contributed by atoms with Crippen LogP contribution in [0.15, 0.2) is 36.9 Å². The normalized spacial score (nSPS) is 10.8. The van der Waals surface area contributed by atoms with Gasteiger partial charge in [-0.25, -0.2) is 8.42 Å². The Morgan fingerprint density at radius 1 is 1.50 bits per heavy atom. The molecule has 0 fully saturated rings. The number of anilines is 1. The molecule has 0 heterocycles. The summed E-state index contributed by atoms with van der Waals surface area (Å²) in [5, 5.41) is 8.86. The monoisotopic (exact) mass is 299 g/mol. The topological polar surface area (TPSA) is 83.9 Å². The number of carboxylic acids is 1. The van der Waals surface area contributed by atoms with Gasteiger partial charge in [-0.1, -0.05) is 18.7 Å². The molecule has 20 heavy (non-hydrogen) atoms. The fourth-order valence-corrected chi connectivity index (χ4v) is 2.57. The lowest BCUT2D eigenvalue weighted by Gasteiger charge is -2.22. The van der Waals surface area contributed by atoms with Gasteiger partial charge in [0.05, 0.1) is 11.4 Å². The number of carbonyl (C=O) groups is 1. The van der Waals surface area contributed by atoms with Gasteiger partial charge < -0.3 is 9.84 Å². The Morgan fingerprint density at radius 3 is 2.75 bits per heavy atom. The van der Waals surface area contributed by atoms with E-state index < -0.39 is 22.5 Å². The summed E-state index contributed by atoms with van der Waals surface area (Å²) < 4.78 is 30.1. The number of nitrogens with zero attached hydrogens (tertiary/aromatic N) is 1. The third-order valence-electron chi connectivity index (χ3n) is 2.45. The van der Waals surface area contributed by atoms with Gasteiger partial charge in [-0.15, -0.1) is 0 Å². The lowest BCUT2D eigenvalue weighted by Crippen LogP contribution is -2.36. The van der Waals surface area contributed by atoms with Crippen molar-refractivity contribution in [1.29, 1.82) is 0 Å². The molecule has 110 valence electrons. The van der Waals surface area contributed by atoms with Crippen molar-refractivity contribution >= 4 is 21.7 Å². The van der Waals surface area contributed by atoms with E-state index >= 15 is 0 Å². The van der Waals surface area contributed by atoms with Crippen LogP contribution in [0.5, 0.6) is 5.75 Å². The Morgan fingerprint density at radius 2 is 2.20 bits per heavy atom. The smallest absolute Gasteiger partial charge is 0.324 e. The molecule has 0 aliphatic rings. The Labute approximate surface area is 118 Å². The molecule has 0 aliphatic carbocycles. The molecule has 1 aromatic rings. The van der Waals surface area contributed by atoms with Gasteiger partial charge in [0.1, 0.15) is 18.9 Å². The number of sulfonamides is 1. The molecule has 0 saturated heterocycles. The Kier molecular flexibility index (Phi) is 5.57. The molecule has 0 spiro atoms. The molecule has 0 aromatic heterocycles. The van der Waals surface area contributed by atoms with Gasteiger partial charge in [-0.05, 0) is 19.1 Å². The second kappa shape index (κ2) is 6.95. The molecule has 0 amide bonds. The van der Waals surface area contributed by atoms with Gasteiger partial charge in [0, 0.05) is 6.07 Å². The van der Waals surface area contributed by atoms with E-state index in [1.807, 2.05) is 0 Å². The molecule has 1 aromatic carbocycles. The van der Waals surface area contributed by atoms with E-state index in [0.29, 0.717) is 5.75 Å². The lowest BCUT2D eigenvalue weighted by molar-refractivity contribution is -0.135. The maximum absolute atomic E-state index is 12.0. The largest absolute Gasteiger partial charge is 0.489 e. The van der Waals surface area contributed by atoms with Gasteiger partial charge in [-0.2, -0.15) is 0 Å². The number of carboxylic acid groups (broad SMARTS) is 1. The standard InChI is InChI=1S/C13H17NO5S/c1-3-8-19-12-7-5-6-11(9-12)14(10-13(15)16)20(17,18)4-2/h3,5-7,9H,1,4,8,10H2,2H3,(H,15,16). The van der Waals surface area contributed by atoms with Crippen LogP contribution in [0.1, 0.15) is 6.92 Å². The van der Waals surface area contributed by atoms with Crippen LogP contribution in [-0.2, 0) is 14.8 Å². The highest BCUT2D eigenvalue weighted by Crippen LogP contribution is 2.23. The number of aliphatic carboxylic acids is 1. The predicted molar refractivity (Wildman–Crippen MR) is 76.6 cm³/mol. The second-order valence-corrected chi connectivity index (χ2v) is 6.08. The zero-order chi connectivity index (χ0) is 15.2. The zero-order valence-electron chi connectivity index (χ0n) is 11.2. The molecule has 0 bridgehead atoms. The van der Waals surface area contributed by atoms with Crippen molar-refractivity contribution in [3.63, 3.8) is 0 Å². The minimum Gasteiger partial charge on any atom is -0.489 e. The van der Waals surface area contributed by atoms with Crippen LogP contribution < -0.4 is 9.04 Å². The van der Waals surface area contributed by atoms with E-state index in [4.69, 9.17) is 9.84 Å². The van der Waals surface area contributed by atoms with Crippen LogP contribution in [0.25, 0.3) is 0 Å². The number of ether oxygens (including phenoxy) is 1. The first-order valence-corrected chi connectivity index (χ1v) is 7.57. The molecule has 0 aliphatic heterocycles. The molecule has 0 saturated carbocycles. The van der Waals surface area contributed by atoms with Crippen molar-refractivity contribution in [3.05, 3.63) is 36.9 Å². The molecule has 7 heteroatoms. The van der Waals surface area contributed by atoms with Crippen molar-refractivity contribution in [3.8, 4) is 5.75 Å². The summed E-state index contributed by atoms with van der Waals surface area (Å²) in [4.78, 5) is 10.9. The lowest BCUT2D eigenvalue weighted by atomic mass is 10.3. The summed E-state index contributed by atoms with van der Waals surface area (Å²) in [7, 11) is -3.67. The minimum absolute atomic E-state index is 0.183. The van der Waals surface area contributed by atoms with Gasteiger partial charge in [0.15, 0.2) is 0 Å². The average molecular weight is 299 g/mol. The van der Waals surface area contributed by atoms with Gasteiger partial charge in [-0.3, -0.25) is 9.10 Å². The van der Waals surface area contributed by atoms with Crippen LogP contribution in [0.3, 0.4) is 0 Å². The molecular weight excluding hydrogens is 282 g/mol. The number of hydrogen-bond acceptors (Lipinski definition) is 4. The number of benzene rings is 1. The van der Waals surface area contributed by atoms with E-state index in [2.05, 4.69) is 6.58 Å². The van der Waals surface area contributed by atoms with E-state index in [0.717, 1.165) is 4.31 Å². The first-order chi connectivity index (χ1) is 9.40. The quantitative estimate of drug-likeness (QED) is 0.735. The van der Waals surface area contributed by atoms with Crippen LogP contribution >= 0.6 is 0 Å². The highest BCUT2D eigenvalue weighted by Gasteiger charge is 2.23. The van der Waals surface area contributed by atoms with Crippen LogP contribution in [0, 0.1) is 0 Å². The van der Waals surface area contributed by atoms with E-state index in [-0.39, 0.29) is 18.0 Å². The summed E-state index contributed by atoms with van der Waals surface area (Å²) in [6.45, 7) is 4.63. The summed E-state index contributed by atoms with van der Waals surface area (Å²) in [6, 6.07) is 6.27. The summed E-state index contributed by atoms with van der Waals surface area (Å²) in [5.41, 5.74) is 0.260. The van der Waals surface area contributed by atoms with E-state index in [1.165, 1.54) is 19.1 Å². The molecule has 1 rings (SSSR count). The maximum atomic E-state index is 12.0.